The van der Waals surface area contributed by atoms with Crippen molar-refractivity contribution in [2.45, 2.75) is 13.8 Å². The Bertz CT molecular complexity index is 1070. The quantitative estimate of drug-likeness (QED) is 0.294. The van der Waals surface area contributed by atoms with E-state index < -0.39 is 0 Å². The zero-order chi connectivity index (χ0) is 14.6. The SMILES string of the molecule is Cc1cc(C)c2c(c1)c1ccc[c-]c1c1nc(C#N)cn12.[Ir]. The van der Waals surface area contributed by atoms with Gasteiger partial charge in [-0.05, 0) is 24.8 Å². The Kier molecular flexibility index (Phi) is 3.48. The third-order valence-corrected chi connectivity index (χ3v) is 3.88. The van der Waals surface area contributed by atoms with Gasteiger partial charge in [0.05, 0.1) is 5.65 Å². The Labute approximate surface area is 141 Å². The molecule has 2 heterocycles. The van der Waals surface area contributed by atoms with E-state index in [0.717, 1.165) is 21.9 Å². The van der Waals surface area contributed by atoms with Gasteiger partial charge >= 0.3 is 0 Å². The van der Waals surface area contributed by atoms with E-state index in [9.17, 15) is 0 Å². The van der Waals surface area contributed by atoms with E-state index in [4.69, 9.17) is 5.26 Å². The number of nitrogens with zero attached hydrogens (tertiary/aromatic N) is 3. The molecule has 0 aliphatic carbocycles. The normalized spacial score (nSPS) is 10.8. The van der Waals surface area contributed by atoms with E-state index in [1.54, 1.807) is 6.20 Å². The van der Waals surface area contributed by atoms with Crippen molar-refractivity contribution in [3.8, 4) is 6.07 Å². The van der Waals surface area contributed by atoms with Gasteiger partial charge in [-0.1, -0.05) is 23.1 Å². The van der Waals surface area contributed by atoms with E-state index in [1.807, 2.05) is 16.5 Å². The minimum absolute atomic E-state index is 0. The van der Waals surface area contributed by atoms with Gasteiger partial charge in [0, 0.05) is 31.8 Å². The van der Waals surface area contributed by atoms with Gasteiger partial charge in [0.1, 0.15) is 11.8 Å². The second-order valence-corrected chi connectivity index (χ2v) is 5.37. The summed E-state index contributed by atoms with van der Waals surface area (Å²) < 4.78 is 2.02. The number of aromatic nitrogens is 2. The first kappa shape index (κ1) is 14.7. The number of nitriles is 1. The van der Waals surface area contributed by atoms with Crippen LogP contribution in [0.5, 0.6) is 0 Å². The molecule has 0 unspecified atom stereocenters. The predicted octanol–water partition coefficient (Wildman–Crippen LogP) is 3.93. The molecule has 0 aliphatic heterocycles. The number of benzene rings is 2. The maximum Gasteiger partial charge on any atom is 0.148 e. The van der Waals surface area contributed by atoms with Crippen molar-refractivity contribution in [1.82, 2.24) is 9.38 Å². The van der Waals surface area contributed by atoms with Crippen LogP contribution in [0.15, 0.2) is 36.5 Å². The molecule has 2 aromatic carbocycles. The zero-order valence-electron chi connectivity index (χ0n) is 12.1. The molecule has 4 heteroatoms. The first-order chi connectivity index (χ1) is 10.2. The van der Waals surface area contributed by atoms with Gasteiger partial charge in [-0.15, -0.1) is 29.7 Å². The molecule has 0 bridgehead atoms. The Balaban J connectivity index is 0.00000144. The van der Waals surface area contributed by atoms with Crippen LogP contribution in [0, 0.1) is 31.2 Å². The fraction of sp³-hybridized carbons (Fsp3) is 0.111. The number of rotatable bonds is 0. The topological polar surface area (TPSA) is 41.1 Å². The number of fused-ring (bicyclic) bond motifs is 6. The van der Waals surface area contributed by atoms with Crippen LogP contribution >= 0.6 is 0 Å². The number of aryl methyl sites for hydroxylation is 2. The number of hydrogen-bond donors (Lipinski definition) is 0. The van der Waals surface area contributed by atoms with E-state index in [0.29, 0.717) is 5.69 Å². The van der Waals surface area contributed by atoms with Crippen LogP contribution < -0.4 is 0 Å². The minimum atomic E-state index is 0. The molecule has 109 valence electrons. The number of pyridine rings is 1. The fourth-order valence-corrected chi connectivity index (χ4v) is 3.11. The van der Waals surface area contributed by atoms with Gasteiger partial charge in [-0.3, -0.25) is 4.98 Å². The fourth-order valence-electron chi connectivity index (χ4n) is 3.11. The molecule has 0 saturated carbocycles. The van der Waals surface area contributed by atoms with Crippen molar-refractivity contribution >= 4 is 27.3 Å². The van der Waals surface area contributed by atoms with Gasteiger partial charge < -0.3 is 4.40 Å². The summed E-state index contributed by atoms with van der Waals surface area (Å²) in [5.74, 6) is 0. The molecule has 0 saturated heterocycles. The average molecular weight is 463 g/mol. The molecule has 2 aromatic heterocycles. The summed E-state index contributed by atoms with van der Waals surface area (Å²) >= 11 is 0. The van der Waals surface area contributed by atoms with Gasteiger partial charge in [-0.25, -0.2) is 0 Å². The van der Waals surface area contributed by atoms with E-state index in [1.165, 1.54) is 16.5 Å². The molecule has 0 N–H and O–H groups in total. The smallest absolute Gasteiger partial charge is 0.148 e. The van der Waals surface area contributed by atoms with Gasteiger partial charge in [0.15, 0.2) is 0 Å². The molecule has 4 aromatic rings. The van der Waals surface area contributed by atoms with Crippen LogP contribution in [-0.2, 0) is 20.1 Å². The Hall–Kier alpha value is -2.21. The summed E-state index contributed by atoms with van der Waals surface area (Å²) in [6, 6.07) is 15.7. The second kappa shape index (κ2) is 5.21. The maximum absolute atomic E-state index is 9.16. The Morgan fingerprint density at radius 3 is 2.82 bits per heavy atom. The molecule has 0 aliphatic rings. The molecule has 0 amide bonds. The zero-order valence-corrected chi connectivity index (χ0v) is 14.5. The molecular formula is C18H12IrN3-. The molecule has 22 heavy (non-hydrogen) atoms. The van der Waals surface area contributed by atoms with Crippen LogP contribution in [0.1, 0.15) is 16.8 Å². The summed E-state index contributed by atoms with van der Waals surface area (Å²) in [5, 5.41) is 12.4. The summed E-state index contributed by atoms with van der Waals surface area (Å²) in [6.45, 7) is 4.20. The van der Waals surface area contributed by atoms with Crippen molar-refractivity contribution in [1.29, 1.82) is 5.26 Å². The van der Waals surface area contributed by atoms with Crippen LogP contribution in [0.3, 0.4) is 0 Å². The molecule has 3 nitrogen and oxygen atoms in total. The molecule has 0 atom stereocenters. The predicted molar refractivity (Wildman–Crippen MR) is 83.2 cm³/mol. The molecular weight excluding hydrogens is 450 g/mol. The number of hydrogen-bond acceptors (Lipinski definition) is 2. The first-order valence-electron chi connectivity index (χ1n) is 6.81. The molecule has 0 fully saturated rings. The van der Waals surface area contributed by atoms with E-state index in [2.05, 4.69) is 49.2 Å². The monoisotopic (exact) mass is 463 g/mol. The van der Waals surface area contributed by atoms with Gasteiger partial charge in [0.2, 0.25) is 0 Å². The minimum Gasteiger partial charge on any atom is -0.339 e. The summed E-state index contributed by atoms with van der Waals surface area (Å²) in [5.41, 5.74) is 4.74. The second-order valence-electron chi connectivity index (χ2n) is 5.37. The molecule has 4 rings (SSSR count). The van der Waals surface area contributed by atoms with Gasteiger partial charge in [0.25, 0.3) is 0 Å². The van der Waals surface area contributed by atoms with Crippen LogP contribution in [0.25, 0.3) is 27.3 Å². The average Bonchev–Trinajstić information content (AvgIpc) is 2.91. The van der Waals surface area contributed by atoms with Crippen molar-refractivity contribution in [2.24, 2.45) is 0 Å². The van der Waals surface area contributed by atoms with Crippen molar-refractivity contribution in [3.63, 3.8) is 0 Å². The summed E-state index contributed by atoms with van der Waals surface area (Å²) in [4.78, 5) is 4.44. The van der Waals surface area contributed by atoms with E-state index in [-0.39, 0.29) is 20.1 Å². The molecule has 1 radical (unpaired) electrons. The maximum atomic E-state index is 9.16. The molecule has 0 spiro atoms. The first-order valence-corrected chi connectivity index (χ1v) is 6.81. The van der Waals surface area contributed by atoms with E-state index >= 15 is 0 Å². The summed E-state index contributed by atoms with van der Waals surface area (Å²) in [6.07, 6.45) is 1.81. The largest absolute Gasteiger partial charge is 0.339 e. The van der Waals surface area contributed by atoms with Crippen molar-refractivity contribution in [2.75, 3.05) is 0 Å². The van der Waals surface area contributed by atoms with Crippen LogP contribution in [0.4, 0.5) is 0 Å². The Morgan fingerprint density at radius 1 is 1.23 bits per heavy atom. The van der Waals surface area contributed by atoms with Crippen molar-refractivity contribution < 1.29 is 20.1 Å². The third-order valence-electron chi connectivity index (χ3n) is 3.88. The number of imidazole rings is 1. The van der Waals surface area contributed by atoms with Crippen molar-refractivity contribution in [3.05, 3.63) is 59.4 Å². The Morgan fingerprint density at radius 2 is 2.05 bits per heavy atom. The standard InChI is InChI=1S/C18H12N3.Ir/c1-11-7-12(2)17-16(8-11)14-5-3-4-6-15(14)18-20-13(9-19)10-21(17)18;/h3-5,7-8,10H,1-2H3;/q-1;. The van der Waals surface area contributed by atoms with Crippen LogP contribution in [0.2, 0.25) is 0 Å². The van der Waals surface area contributed by atoms with Crippen LogP contribution in [-0.4, -0.2) is 9.38 Å². The summed E-state index contributed by atoms with van der Waals surface area (Å²) in [7, 11) is 0. The van der Waals surface area contributed by atoms with Gasteiger partial charge in [-0.2, -0.15) is 5.26 Å². The third kappa shape index (κ3) is 1.94.